The van der Waals surface area contributed by atoms with Gasteiger partial charge in [-0.15, -0.1) is 0 Å². The summed E-state index contributed by atoms with van der Waals surface area (Å²) in [4.78, 5) is 12.3. The minimum atomic E-state index is -0.561. The smallest absolute Gasteiger partial charge is 0.281 e. The van der Waals surface area contributed by atoms with E-state index in [1.54, 1.807) is 27.0 Å². The third kappa shape index (κ3) is 2.85. The Hall–Kier alpha value is -3.16. The predicted molar refractivity (Wildman–Crippen MR) is 85.8 cm³/mol. The van der Waals surface area contributed by atoms with E-state index in [0.29, 0.717) is 17.1 Å². The minimum Gasteiger partial charge on any atom is -0.504 e. The lowest BCUT2D eigenvalue weighted by Gasteiger charge is -2.05. The number of halogens is 1. The number of amides is 1. The summed E-state index contributed by atoms with van der Waals surface area (Å²) in [6.45, 7) is 3.52. The summed E-state index contributed by atoms with van der Waals surface area (Å²) in [5, 5.41) is 20.9. The SMILES string of the molecule is Cc1cc(NC(=O)c2nn(-c3ccc(F)cc3C)cc2O)n(C)n1. The molecule has 0 saturated carbocycles. The molecule has 0 spiro atoms. The molecule has 0 bridgehead atoms. The second-order valence-electron chi connectivity index (χ2n) is 5.49. The summed E-state index contributed by atoms with van der Waals surface area (Å²) in [5.41, 5.74) is 1.83. The van der Waals surface area contributed by atoms with Crippen LogP contribution in [0.2, 0.25) is 0 Å². The number of rotatable bonds is 3. The molecule has 1 aromatic carbocycles. The van der Waals surface area contributed by atoms with Crippen molar-refractivity contribution < 1.29 is 14.3 Å². The standard InChI is InChI=1S/C16H16FN5O2/c1-9-6-11(17)4-5-12(9)22-8-13(23)15(20-22)16(24)18-14-7-10(2)19-21(14)3/h4-8,23H,1-3H3,(H,18,24). The number of benzene rings is 1. The minimum absolute atomic E-state index is 0.127. The van der Waals surface area contributed by atoms with E-state index in [0.717, 1.165) is 5.69 Å². The normalized spacial score (nSPS) is 10.8. The number of aromatic nitrogens is 4. The highest BCUT2D eigenvalue weighted by Gasteiger charge is 2.19. The van der Waals surface area contributed by atoms with Gasteiger partial charge in [0.25, 0.3) is 5.91 Å². The van der Waals surface area contributed by atoms with E-state index < -0.39 is 5.91 Å². The van der Waals surface area contributed by atoms with E-state index in [1.165, 1.54) is 33.8 Å². The van der Waals surface area contributed by atoms with Gasteiger partial charge in [0.1, 0.15) is 11.6 Å². The van der Waals surface area contributed by atoms with Gasteiger partial charge in [-0.1, -0.05) is 0 Å². The van der Waals surface area contributed by atoms with Crippen LogP contribution < -0.4 is 5.32 Å². The van der Waals surface area contributed by atoms with Crippen LogP contribution in [0, 0.1) is 19.7 Å². The van der Waals surface area contributed by atoms with Crippen molar-refractivity contribution in [2.24, 2.45) is 7.05 Å². The van der Waals surface area contributed by atoms with Crippen molar-refractivity contribution in [2.75, 3.05) is 5.32 Å². The number of carbonyl (C=O) groups excluding carboxylic acids is 1. The zero-order valence-corrected chi connectivity index (χ0v) is 13.4. The highest BCUT2D eigenvalue weighted by molar-refractivity contribution is 6.04. The van der Waals surface area contributed by atoms with Gasteiger partial charge < -0.3 is 10.4 Å². The average molecular weight is 329 g/mol. The molecule has 2 N–H and O–H groups in total. The van der Waals surface area contributed by atoms with Crippen LogP contribution in [0.4, 0.5) is 10.2 Å². The Bertz CT molecular complexity index is 929. The first-order chi connectivity index (χ1) is 11.3. The van der Waals surface area contributed by atoms with Crippen LogP contribution >= 0.6 is 0 Å². The molecule has 0 radical (unpaired) electrons. The van der Waals surface area contributed by atoms with Crippen LogP contribution in [0.5, 0.6) is 5.75 Å². The van der Waals surface area contributed by atoms with Crippen LogP contribution in [0.15, 0.2) is 30.5 Å². The van der Waals surface area contributed by atoms with Gasteiger partial charge in [-0.2, -0.15) is 10.2 Å². The van der Waals surface area contributed by atoms with Gasteiger partial charge in [0.15, 0.2) is 11.4 Å². The van der Waals surface area contributed by atoms with E-state index in [2.05, 4.69) is 15.5 Å². The molecule has 1 amide bonds. The molecule has 24 heavy (non-hydrogen) atoms. The van der Waals surface area contributed by atoms with Crippen molar-refractivity contribution in [3.63, 3.8) is 0 Å². The molecule has 0 saturated heterocycles. The van der Waals surface area contributed by atoms with E-state index in [4.69, 9.17) is 0 Å². The number of nitrogens with one attached hydrogen (secondary N) is 1. The van der Waals surface area contributed by atoms with Crippen molar-refractivity contribution in [3.05, 3.63) is 53.2 Å². The number of hydrogen-bond donors (Lipinski definition) is 2. The van der Waals surface area contributed by atoms with Gasteiger partial charge in [0.05, 0.1) is 17.6 Å². The molecule has 0 atom stereocenters. The van der Waals surface area contributed by atoms with Crippen molar-refractivity contribution in [2.45, 2.75) is 13.8 Å². The molecule has 7 nitrogen and oxygen atoms in total. The van der Waals surface area contributed by atoms with Gasteiger partial charge in [0, 0.05) is 13.1 Å². The number of aryl methyl sites for hydroxylation is 3. The largest absolute Gasteiger partial charge is 0.504 e. The lowest BCUT2D eigenvalue weighted by atomic mass is 10.2. The third-order valence-corrected chi connectivity index (χ3v) is 3.56. The summed E-state index contributed by atoms with van der Waals surface area (Å²) in [6.07, 6.45) is 1.31. The molecule has 0 aliphatic carbocycles. The van der Waals surface area contributed by atoms with Crippen molar-refractivity contribution >= 4 is 11.7 Å². The second kappa shape index (κ2) is 5.80. The summed E-state index contributed by atoms with van der Waals surface area (Å²) >= 11 is 0. The zero-order chi connectivity index (χ0) is 17.4. The summed E-state index contributed by atoms with van der Waals surface area (Å²) in [5.74, 6) is -0.703. The van der Waals surface area contributed by atoms with E-state index in [9.17, 15) is 14.3 Å². The van der Waals surface area contributed by atoms with E-state index in [1.807, 2.05) is 0 Å². The molecule has 0 aliphatic rings. The van der Waals surface area contributed by atoms with E-state index >= 15 is 0 Å². The first-order valence-electron chi connectivity index (χ1n) is 7.22. The van der Waals surface area contributed by atoms with Gasteiger partial charge >= 0.3 is 0 Å². The maximum absolute atomic E-state index is 13.2. The Balaban J connectivity index is 1.91. The summed E-state index contributed by atoms with van der Waals surface area (Å²) in [6, 6.07) is 5.88. The molecule has 3 rings (SSSR count). The molecule has 2 heterocycles. The quantitative estimate of drug-likeness (QED) is 0.772. The van der Waals surface area contributed by atoms with Crippen LogP contribution in [0.3, 0.4) is 0 Å². The maximum atomic E-state index is 13.2. The van der Waals surface area contributed by atoms with Crippen LogP contribution in [-0.4, -0.2) is 30.6 Å². The van der Waals surface area contributed by atoms with Gasteiger partial charge in [-0.25, -0.2) is 9.07 Å². The topological polar surface area (TPSA) is 85.0 Å². The Morgan fingerprint density at radius 1 is 1.25 bits per heavy atom. The Kier molecular flexibility index (Phi) is 3.80. The van der Waals surface area contributed by atoms with Crippen LogP contribution in [-0.2, 0) is 7.05 Å². The molecule has 2 aromatic heterocycles. The Morgan fingerprint density at radius 2 is 2.00 bits per heavy atom. The molecule has 0 fully saturated rings. The van der Waals surface area contributed by atoms with Crippen LogP contribution in [0.25, 0.3) is 5.69 Å². The van der Waals surface area contributed by atoms with Crippen molar-refractivity contribution in [1.29, 1.82) is 0 Å². The first-order valence-corrected chi connectivity index (χ1v) is 7.22. The van der Waals surface area contributed by atoms with Gasteiger partial charge in [0.2, 0.25) is 0 Å². The fourth-order valence-corrected chi connectivity index (χ4v) is 2.43. The lowest BCUT2D eigenvalue weighted by molar-refractivity contribution is 0.101. The molecule has 0 aliphatic heterocycles. The summed E-state index contributed by atoms with van der Waals surface area (Å²) < 4.78 is 16.1. The third-order valence-electron chi connectivity index (χ3n) is 3.56. The Morgan fingerprint density at radius 3 is 2.62 bits per heavy atom. The summed E-state index contributed by atoms with van der Waals surface area (Å²) in [7, 11) is 1.70. The fraction of sp³-hybridized carbons (Fsp3) is 0.188. The average Bonchev–Trinajstić information content (AvgIpc) is 3.01. The van der Waals surface area contributed by atoms with Gasteiger partial charge in [-0.05, 0) is 37.6 Å². The van der Waals surface area contributed by atoms with Crippen molar-refractivity contribution in [3.8, 4) is 11.4 Å². The molecule has 8 heteroatoms. The number of hydrogen-bond acceptors (Lipinski definition) is 4. The lowest BCUT2D eigenvalue weighted by Crippen LogP contribution is -2.15. The van der Waals surface area contributed by atoms with E-state index in [-0.39, 0.29) is 17.3 Å². The molecular weight excluding hydrogens is 313 g/mol. The highest BCUT2D eigenvalue weighted by atomic mass is 19.1. The monoisotopic (exact) mass is 329 g/mol. The number of nitrogens with zero attached hydrogens (tertiary/aromatic N) is 4. The Labute approximate surface area is 137 Å². The predicted octanol–water partition coefficient (Wildman–Crippen LogP) is 2.32. The molecule has 0 unspecified atom stereocenters. The molecular formula is C16H16FN5O2. The number of aromatic hydroxyl groups is 1. The second-order valence-corrected chi connectivity index (χ2v) is 5.49. The van der Waals surface area contributed by atoms with Crippen molar-refractivity contribution in [1.82, 2.24) is 19.6 Å². The zero-order valence-electron chi connectivity index (χ0n) is 13.4. The van der Waals surface area contributed by atoms with Crippen LogP contribution in [0.1, 0.15) is 21.7 Å². The first kappa shape index (κ1) is 15.7. The maximum Gasteiger partial charge on any atom is 0.281 e. The fourth-order valence-electron chi connectivity index (χ4n) is 2.43. The molecule has 124 valence electrons. The molecule has 3 aromatic rings. The number of anilines is 1. The van der Waals surface area contributed by atoms with Gasteiger partial charge in [-0.3, -0.25) is 9.48 Å². The number of carbonyl (C=O) groups is 1. The highest BCUT2D eigenvalue weighted by Crippen LogP contribution is 2.22.